The maximum atomic E-state index is 12.5. The number of hydrogen-bond acceptors (Lipinski definition) is 4. The third-order valence-corrected chi connectivity index (χ3v) is 4.70. The van der Waals surface area contributed by atoms with Crippen LogP contribution in [0.25, 0.3) is 0 Å². The molecule has 0 atom stereocenters. The van der Waals surface area contributed by atoms with Crippen LogP contribution in [0.1, 0.15) is 5.56 Å². The molecule has 0 saturated heterocycles. The zero-order chi connectivity index (χ0) is 14.0. The smallest absolute Gasteiger partial charge is 0.258 e. The van der Waals surface area contributed by atoms with Crippen molar-refractivity contribution in [3.63, 3.8) is 0 Å². The van der Waals surface area contributed by atoms with Crippen LogP contribution in [0.3, 0.4) is 0 Å². The van der Waals surface area contributed by atoms with Crippen molar-refractivity contribution < 1.29 is 13.3 Å². The van der Waals surface area contributed by atoms with Crippen molar-refractivity contribution in [2.24, 2.45) is 0 Å². The van der Waals surface area contributed by atoms with Gasteiger partial charge < -0.3 is 0 Å². The van der Waals surface area contributed by atoms with Crippen LogP contribution >= 0.6 is 0 Å². The molecule has 0 heterocycles. The van der Waals surface area contributed by atoms with E-state index < -0.39 is 20.4 Å². The van der Waals surface area contributed by atoms with E-state index in [-0.39, 0.29) is 9.79 Å². The largest absolute Gasteiger partial charge is 0.288 e. The van der Waals surface area contributed by atoms with E-state index in [9.17, 15) is 18.5 Å². The molecule has 98 valence electrons. The molecule has 6 heteroatoms. The summed E-state index contributed by atoms with van der Waals surface area (Å²) in [6.07, 6.45) is 0. The number of hydrogen-bond donors (Lipinski definition) is 0. The van der Waals surface area contributed by atoms with Crippen LogP contribution in [0.4, 0.5) is 5.69 Å². The van der Waals surface area contributed by atoms with E-state index in [1.165, 1.54) is 30.3 Å². The van der Waals surface area contributed by atoms with Gasteiger partial charge in [0.25, 0.3) is 5.69 Å². The molecule has 0 amide bonds. The van der Waals surface area contributed by atoms with Crippen molar-refractivity contribution in [1.29, 1.82) is 0 Å². The second-order valence-corrected chi connectivity index (χ2v) is 5.88. The van der Waals surface area contributed by atoms with Gasteiger partial charge in [0, 0.05) is 6.07 Å². The third kappa shape index (κ3) is 2.34. The Labute approximate surface area is 110 Å². The molecule has 0 radical (unpaired) electrons. The lowest BCUT2D eigenvalue weighted by Crippen LogP contribution is -2.07. The van der Waals surface area contributed by atoms with Gasteiger partial charge in [0.15, 0.2) is 0 Å². The highest BCUT2D eigenvalue weighted by atomic mass is 32.2. The number of sulfone groups is 1. The molecule has 0 bridgehead atoms. The Balaban J connectivity index is 2.72. The van der Waals surface area contributed by atoms with Crippen LogP contribution in [-0.2, 0) is 9.84 Å². The molecule has 0 N–H and O–H groups in total. The lowest BCUT2D eigenvalue weighted by atomic mass is 10.2. The van der Waals surface area contributed by atoms with Gasteiger partial charge in [-0.3, -0.25) is 10.1 Å². The molecule has 2 aromatic rings. The number of nitrogens with zero attached hydrogens (tertiary/aromatic N) is 1. The third-order valence-electron chi connectivity index (χ3n) is 2.73. The number of para-hydroxylation sites is 1. The number of nitro groups is 1. The van der Waals surface area contributed by atoms with Crippen LogP contribution in [0.5, 0.6) is 0 Å². The normalized spacial score (nSPS) is 11.2. The van der Waals surface area contributed by atoms with Gasteiger partial charge in [-0.1, -0.05) is 30.3 Å². The quantitative estimate of drug-likeness (QED) is 0.638. The van der Waals surface area contributed by atoms with Crippen molar-refractivity contribution in [2.45, 2.75) is 16.7 Å². The summed E-state index contributed by atoms with van der Waals surface area (Å²) in [4.78, 5) is 10.0. The van der Waals surface area contributed by atoms with E-state index in [0.717, 1.165) is 0 Å². The minimum atomic E-state index is -3.89. The fourth-order valence-electron chi connectivity index (χ4n) is 1.81. The van der Waals surface area contributed by atoms with Crippen LogP contribution in [0.15, 0.2) is 58.3 Å². The molecule has 0 fully saturated rings. The van der Waals surface area contributed by atoms with Crippen molar-refractivity contribution in [3.05, 3.63) is 64.2 Å². The summed E-state index contributed by atoms with van der Waals surface area (Å²) in [6, 6.07) is 11.8. The average Bonchev–Trinajstić information content (AvgIpc) is 2.39. The molecular weight excluding hydrogens is 266 g/mol. The van der Waals surface area contributed by atoms with Gasteiger partial charge in [0.2, 0.25) is 9.84 Å². The molecule has 5 nitrogen and oxygen atoms in total. The molecule has 0 spiro atoms. The SMILES string of the molecule is Cc1ccccc1S(=O)(=O)c1ccccc1[N+](=O)[O-]. The summed E-state index contributed by atoms with van der Waals surface area (Å²) in [7, 11) is -3.89. The van der Waals surface area contributed by atoms with Gasteiger partial charge in [-0.15, -0.1) is 0 Å². The van der Waals surface area contributed by atoms with Gasteiger partial charge in [-0.05, 0) is 24.6 Å². The van der Waals surface area contributed by atoms with Crippen LogP contribution in [0.2, 0.25) is 0 Å². The summed E-state index contributed by atoms with van der Waals surface area (Å²) >= 11 is 0. The summed E-state index contributed by atoms with van der Waals surface area (Å²) < 4.78 is 25.0. The molecule has 0 aliphatic rings. The topological polar surface area (TPSA) is 77.3 Å². The van der Waals surface area contributed by atoms with Crippen LogP contribution in [-0.4, -0.2) is 13.3 Å². The van der Waals surface area contributed by atoms with Gasteiger partial charge in [0.05, 0.1) is 9.82 Å². The fraction of sp³-hybridized carbons (Fsp3) is 0.0769. The molecule has 0 aliphatic carbocycles. The standard InChI is InChI=1S/C13H11NO4S/c1-10-6-2-4-8-12(10)19(17,18)13-9-5-3-7-11(13)14(15)16/h2-9H,1H3. The molecular formula is C13H11NO4S. The summed E-state index contributed by atoms with van der Waals surface area (Å²) in [5, 5.41) is 10.9. The van der Waals surface area contributed by atoms with E-state index >= 15 is 0 Å². The first-order valence-electron chi connectivity index (χ1n) is 5.49. The Morgan fingerprint density at radius 3 is 2.05 bits per heavy atom. The lowest BCUT2D eigenvalue weighted by molar-refractivity contribution is -0.387. The van der Waals surface area contributed by atoms with Crippen molar-refractivity contribution in [3.8, 4) is 0 Å². The van der Waals surface area contributed by atoms with Gasteiger partial charge in [-0.2, -0.15) is 0 Å². The Morgan fingerprint density at radius 2 is 1.47 bits per heavy atom. The first kappa shape index (κ1) is 13.2. The van der Waals surface area contributed by atoms with Crippen molar-refractivity contribution >= 4 is 15.5 Å². The predicted molar refractivity (Wildman–Crippen MR) is 69.7 cm³/mol. The molecule has 0 saturated carbocycles. The second kappa shape index (κ2) is 4.81. The highest BCUT2D eigenvalue weighted by Gasteiger charge is 2.27. The molecule has 0 unspecified atom stereocenters. The number of rotatable bonds is 3. The fourth-order valence-corrected chi connectivity index (χ4v) is 3.47. The minimum Gasteiger partial charge on any atom is -0.258 e. The highest BCUT2D eigenvalue weighted by Crippen LogP contribution is 2.30. The first-order chi connectivity index (χ1) is 8.94. The van der Waals surface area contributed by atoms with E-state index in [2.05, 4.69) is 0 Å². The predicted octanol–water partition coefficient (Wildman–Crippen LogP) is 2.74. The zero-order valence-electron chi connectivity index (χ0n) is 10.1. The number of aryl methyl sites for hydroxylation is 1. The van der Waals surface area contributed by atoms with Gasteiger partial charge in [0.1, 0.15) is 4.90 Å². The Morgan fingerprint density at radius 1 is 0.947 bits per heavy atom. The Kier molecular flexibility index (Phi) is 3.35. The van der Waals surface area contributed by atoms with Crippen LogP contribution in [0, 0.1) is 17.0 Å². The van der Waals surface area contributed by atoms with E-state index in [4.69, 9.17) is 0 Å². The monoisotopic (exact) mass is 277 g/mol. The Bertz CT molecular complexity index is 738. The summed E-state index contributed by atoms with van der Waals surface area (Å²) in [6.45, 7) is 1.65. The van der Waals surface area contributed by atoms with E-state index in [1.54, 1.807) is 25.1 Å². The molecule has 2 aromatic carbocycles. The van der Waals surface area contributed by atoms with E-state index in [1.807, 2.05) is 0 Å². The van der Waals surface area contributed by atoms with E-state index in [0.29, 0.717) is 5.56 Å². The molecule has 0 aromatic heterocycles. The summed E-state index contributed by atoms with van der Waals surface area (Å²) in [5.74, 6) is 0. The minimum absolute atomic E-state index is 0.0873. The number of nitro benzene ring substituents is 1. The molecule has 19 heavy (non-hydrogen) atoms. The maximum Gasteiger partial charge on any atom is 0.288 e. The first-order valence-corrected chi connectivity index (χ1v) is 6.97. The lowest BCUT2D eigenvalue weighted by Gasteiger charge is -2.07. The number of benzene rings is 2. The second-order valence-electron chi connectivity index (χ2n) is 3.99. The van der Waals surface area contributed by atoms with Crippen molar-refractivity contribution in [2.75, 3.05) is 0 Å². The van der Waals surface area contributed by atoms with Gasteiger partial charge in [-0.25, -0.2) is 8.42 Å². The molecule has 2 rings (SSSR count). The average molecular weight is 277 g/mol. The van der Waals surface area contributed by atoms with Crippen molar-refractivity contribution in [1.82, 2.24) is 0 Å². The summed E-state index contributed by atoms with van der Waals surface area (Å²) in [5.41, 5.74) is 0.145. The highest BCUT2D eigenvalue weighted by molar-refractivity contribution is 7.91. The Hall–Kier alpha value is -2.21. The van der Waals surface area contributed by atoms with Crippen LogP contribution < -0.4 is 0 Å². The molecule has 0 aliphatic heterocycles. The maximum absolute atomic E-state index is 12.5. The van der Waals surface area contributed by atoms with Gasteiger partial charge >= 0.3 is 0 Å². The zero-order valence-corrected chi connectivity index (χ0v) is 10.9.